The molecular formula is C19H16N4O6S2. The van der Waals surface area contributed by atoms with Gasteiger partial charge in [-0.2, -0.15) is 18.6 Å². The number of rotatable bonds is 4. The number of hydrogen-bond donors (Lipinski definition) is 3. The molecule has 1 saturated heterocycles. The normalized spacial score (nSPS) is 19.8. The quantitative estimate of drug-likeness (QED) is 0.306. The van der Waals surface area contributed by atoms with Gasteiger partial charge in [-0.15, -0.1) is 11.3 Å². The Hall–Kier alpha value is -3.06. The van der Waals surface area contributed by atoms with Crippen LogP contribution in [-0.4, -0.2) is 47.0 Å². The fourth-order valence-corrected chi connectivity index (χ4v) is 5.50. The molecule has 2 unspecified atom stereocenters. The van der Waals surface area contributed by atoms with Crippen molar-refractivity contribution >= 4 is 49.2 Å². The standard InChI is InChI=1S/C19H16N4O6S2/c1-9-2-7-12-16(17(9)31(27,28)29)30-19(20-12)10-3-5-11(6-4-10)22-23-15-13(24)8-14(25)21-18(15)26/h2-7,13,15,24H,8H2,1H3,(H,21,25,26)(H,27,28,29). The summed E-state index contributed by atoms with van der Waals surface area (Å²) < 4.78 is 33.5. The van der Waals surface area contributed by atoms with Gasteiger partial charge in [0, 0.05) is 5.56 Å². The summed E-state index contributed by atoms with van der Waals surface area (Å²) in [6, 6.07) is 8.76. The number of amides is 2. The molecule has 2 aromatic carbocycles. The highest BCUT2D eigenvalue weighted by Crippen LogP contribution is 2.36. The molecule has 2 heterocycles. The lowest BCUT2D eigenvalue weighted by molar-refractivity contribution is -0.138. The van der Waals surface area contributed by atoms with Gasteiger partial charge < -0.3 is 5.11 Å². The summed E-state index contributed by atoms with van der Waals surface area (Å²) in [4.78, 5) is 27.3. The van der Waals surface area contributed by atoms with E-state index in [1.807, 2.05) is 0 Å². The van der Waals surface area contributed by atoms with Crippen LogP contribution < -0.4 is 5.32 Å². The molecule has 0 spiro atoms. The molecule has 0 saturated carbocycles. The van der Waals surface area contributed by atoms with Crippen LogP contribution >= 0.6 is 11.3 Å². The molecule has 160 valence electrons. The average Bonchev–Trinajstić information content (AvgIpc) is 3.10. The van der Waals surface area contributed by atoms with Gasteiger partial charge in [-0.25, -0.2) is 4.98 Å². The summed E-state index contributed by atoms with van der Waals surface area (Å²) >= 11 is 1.14. The minimum atomic E-state index is -4.40. The molecule has 1 aromatic heterocycles. The first-order chi connectivity index (χ1) is 14.6. The maximum absolute atomic E-state index is 11.8. The van der Waals surface area contributed by atoms with E-state index in [1.165, 1.54) is 0 Å². The Labute approximate surface area is 180 Å². The minimum absolute atomic E-state index is 0.151. The van der Waals surface area contributed by atoms with Crippen molar-refractivity contribution in [2.45, 2.75) is 30.4 Å². The number of thiazole rings is 1. The van der Waals surface area contributed by atoms with E-state index in [9.17, 15) is 27.7 Å². The molecule has 0 radical (unpaired) electrons. The molecule has 3 aromatic rings. The van der Waals surface area contributed by atoms with Crippen LogP contribution in [0.1, 0.15) is 12.0 Å². The number of benzene rings is 2. The molecule has 1 fully saturated rings. The Morgan fingerprint density at radius 3 is 2.52 bits per heavy atom. The zero-order valence-corrected chi connectivity index (χ0v) is 17.6. The van der Waals surface area contributed by atoms with Crippen LogP contribution in [0.3, 0.4) is 0 Å². The highest BCUT2D eigenvalue weighted by atomic mass is 32.2. The first-order valence-electron chi connectivity index (χ1n) is 9.04. The maximum atomic E-state index is 11.8. The van der Waals surface area contributed by atoms with Crippen molar-refractivity contribution in [3.05, 3.63) is 42.0 Å². The SMILES string of the molecule is Cc1ccc2nc(-c3ccc(N=NC4C(=O)NC(=O)CC4O)cc3)sc2c1S(=O)(=O)O. The van der Waals surface area contributed by atoms with Crippen LogP contribution in [0.5, 0.6) is 0 Å². The van der Waals surface area contributed by atoms with Crippen LogP contribution in [0.2, 0.25) is 0 Å². The second-order valence-corrected chi connectivity index (χ2v) is 9.30. The zero-order chi connectivity index (χ0) is 22.3. The molecule has 1 aliphatic heterocycles. The molecule has 4 rings (SSSR count). The summed E-state index contributed by atoms with van der Waals surface area (Å²) in [7, 11) is -4.40. The van der Waals surface area contributed by atoms with Crippen molar-refractivity contribution in [2.24, 2.45) is 10.2 Å². The zero-order valence-electron chi connectivity index (χ0n) is 16.0. The first kappa shape index (κ1) is 21.2. The van der Waals surface area contributed by atoms with Gasteiger partial charge in [-0.3, -0.25) is 19.5 Å². The Morgan fingerprint density at radius 1 is 1.16 bits per heavy atom. The number of piperidine rings is 1. The summed E-state index contributed by atoms with van der Waals surface area (Å²) in [5.41, 5.74) is 1.99. The van der Waals surface area contributed by atoms with E-state index in [4.69, 9.17) is 0 Å². The van der Waals surface area contributed by atoms with E-state index in [2.05, 4.69) is 20.5 Å². The molecular weight excluding hydrogens is 444 g/mol. The van der Waals surface area contributed by atoms with E-state index in [1.54, 1.807) is 43.3 Å². The number of aliphatic hydroxyl groups is 1. The Morgan fingerprint density at radius 2 is 1.87 bits per heavy atom. The third-order valence-corrected chi connectivity index (χ3v) is 6.98. The minimum Gasteiger partial charge on any atom is -0.390 e. The highest BCUT2D eigenvalue weighted by Gasteiger charge is 2.34. The summed E-state index contributed by atoms with van der Waals surface area (Å²) in [5.74, 6) is -1.26. The van der Waals surface area contributed by atoms with Crippen molar-refractivity contribution < 1.29 is 27.7 Å². The summed E-state index contributed by atoms with van der Waals surface area (Å²) in [6.07, 6.45) is -1.45. The molecule has 0 aliphatic carbocycles. The molecule has 0 bridgehead atoms. The number of aliphatic hydroxyl groups excluding tert-OH is 1. The highest BCUT2D eigenvalue weighted by molar-refractivity contribution is 7.86. The number of nitrogens with one attached hydrogen (secondary N) is 1. The molecule has 2 amide bonds. The van der Waals surface area contributed by atoms with E-state index in [0.717, 1.165) is 11.3 Å². The molecule has 3 N–H and O–H groups in total. The average molecular weight is 460 g/mol. The third-order valence-electron chi connectivity index (χ3n) is 4.67. The number of nitrogens with zero attached hydrogens (tertiary/aromatic N) is 3. The lowest BCUT2D eigenvalue weighted by Gasteiger charge is -2.21. The Bertz CT molecular complexity index is 1330. The van der Waals surface area contributed by atoms with E-state index < -0.39 is 34.1 Å². The van der Waals surface area contributed by atoms with Gasteiger partial charge in [-0.1, -0.05) is 6.07 Å². The number of aryl methyl sites for hydroxylation is 1. The van der Waals surface area contributed by atoms with E-state index >= 15 is 0 Å². The molecule has 1 aliphatic rings. The smallest absolute Gasteiger partial charge is 0.296 e. The summed E-state index contributed by atoms with van der Waals surface area (Å²) in [6.45, 7) is 1.60. The summed E-state index contributed by atoms with van der Waals surface area (Å²) in [5, 5.41) is 20.3. The van der Waals surface area contributed by atoms with Gasteiger partial charge in [0.15, 0.2) is 6.04 Å². The Kier molecular flexibility index (Phi) is 5.39. The van der Waals surface area contributed by atoms with Gasteiger partial charge >= 0.3 is 0 Å². The second kappa shape index (κ2) is 7.89. The van der Waals surface area contributed by atoms with Crippen LogP contribution in [0.25, 0.3) is 20.8 Å². The van der Waals surface area contributed by atoms with Crippen molar-refractivity contribution in [1.29, 1.82) is 0 Å². The largest absolute Gasteiger partial charge is 0.390 e. The van der Waals surface area contributed by atoms with Gasteiger partial charge in [0.1, 0.15) is 9.90 Å². The lowest BCUT2D eigenvalue weighted by Crippen LogP contribution is -2.50. The number of azo groups is 1. The molecule has 2 atom stereocenters. The van der Waals surface area contributed by atoms with Crippen LogP contribution in [-0.2, 0) is 19.7 Å². The van der Waals surface area contributed by atoms with E-state index in [0.29, 0.717) is 32.0 Å². The van der Waals surface area contributed by atoms with Crippen LogP contribution in [0.4, 0.5) is 5.69 Å². The number of carbonyl (C=O) groups excluding carboxylic acids is 2. The van der Waals surface area contributed by atoms with Crippen molar-refractivity contribution in [2.75, 3.05) is 0 Å². The second-order valence-electron chi connectivity index (χ2n) is 6.94. The van der Waals surface area contributed by atoms with Gasteiger partial charge in [-0.05, 0) is 42.8 Å². The number of imide groups is 1. The predicted molar refractivity (Wildman–Crippen MR) is 112 cm³/mol. The van der Waals surface area contributed by atoms with Crippen LogP contribution in [0, 0.1) is 6.92 Å². The fourth-order valence-electron chi connectivity index (χ4n) is 3.18. The number of aromatic nitrogens is 1. The number of carbonyl (C=O) groups is 2. The lowest BCUT2D eigenvalue weighted by atomic mass is 10.0. The Balaban J connectivity index is 1.61. The maximum Gasteiger partial charge on any atom is 0.296 e. The fraction of sp³-hybridized carbons (Fsp3) is 0.211. The van der Waals surface area contributed by atoms with Crippen molar-refractivity contribution in [1.82, 2.24) is 10.3 Å². The molecule has 12 heteroatoms. The third kappa shape index (κ3) is 4.23. The van der Waals surface area contributed by atoms with E-state index in [-0.39, 0.29) is 11.3 Å². The number of fused-ring (bicyclic) bond motifs is 1. The number of hydrogen-bond acceptors (Lipinski definition) is 9. The molecule has 31 heavy (non-hydrogen) atoms. The monoisotopic (exact) mass is 460 g/mol. The van der Waals surface area contributed by atoms with Crippen molar-refractivity contribution in [3.8, 4) is 10.6 Å². The predicted octanol–water partition coefficient (Wildman–Crippen LogP) is 2.38. The molecule has 10 nitrogen and oxygen atoms in total. The topological polar surface area (TPSA) is 158 Å². The van der Waals surface area contributed by atoms with Gasteiger partial charge in [0.25, 0.3) is 16.0 Å². The van der Waals surface area contributed by atoms with Crippen molar-refractivity contribution in [3.63, 3.8) is 0 Å². The first-order valence-corrected chi connectivity index (χ1v) is 11.3. The van der Waals surface area contributed by atoms with Gasteiger partial charge in [0.05, 0.1) is 28.4 Å². The van der Waals surface area contributed by atoms with Crippen LogP contribution in [0.15, 0.2) is 51.5 Å². The van der Waals surface area contributed by atoms with Gasteiger partial charge in [0.2, 0.25) is 5.91 Å².